The molecule has 0 radical (unpaired) electrons. The van der Waals surface area contributed by atoms with E-state index in [9.17, 15) is 9.59 Å². The molecule has 0 aliphatic carbocycles. The van der Waals surface area contributed by atoms with Crippen LogP contribution in [0.4, 0.5) is 0 Å². The molecule has 2 rings (SSSR count). The molecule has 0 unspecified atom stereocenters. The second kappa shape index (κ2) is 8.90. The van der Waals surface area contributed by atoms with Gasteiger partial charge < -0.3 is 10.2 Å². The van der Waals surface area contributed by atoms with Crippen molar-refractivity contribution < 1.29 is 9.59 Å². The fourth-order valence-electron chi connectivity index (χ4n) is 2.67. The largest absolute Gasteiger partial charge is 0.355 e. The Bertz CT molecular complexity index is 530. The molecule has 6 heteroatoms. The number of piperidine rings is 1. The van der Waals surface area contributed by atoms with Crippen molar-refractivity contribution in [2.75, 3.05) is 25.4 Å². The number of nitrogens with one attached hydrogen (secondary N) is 1. The zero-order chi connectivity index (χ0) is 17.6. The van der Waals surface area contributed by atoms with E-state index in [-0.39, 0.29) is 22.5 Å². The number of hydrogen-bond acceptors (Lipinski definition) is 4. The van der Waals surface area contributed by atoms with Crippen molar-refractivity contribution in [2.45, 2.75) is 44.8 Å². The molecule has 24 heavy (non-hydrogen) atoms. The molecule has 1 aliphatic rings. The lowest BCUT2D eigenvalue weighted by Crippen LogP contribution is -2.44. The van der Waals surface area contributed by atoms with Crippen molar-refractivity contribution in [1.29, 1.82) is 0 Å². The molecule has 0 aromatic carbocycles. The molecule has 1 aromatic heterocycles. The van der Waals surface area contributed by atoms with E-state index in [1.807, 2.05) is 11.0 Å². The minimum Gasteiger partial charge on any atom is -0.355 e. The number of thiophene rings is 1. The number of likely N-dealkylation sites (tertiary alicyclic amines) is 1. The van der Waals surface area contributed by atoms with E-state index in [0.29, 0.717) is 25.4 Å². The average Bonchev–Trinajstić information content (AvgIpc) is 3.05. The Kier molecular flexibility index (Phi) is 7.16. The Morgan fingerprint density at radius 1 is 1.33 bits per heavy atom. The monoisotopic (exact) mass is 368 g/mol. The predicted molar refractivity (Wildman–Crippen MR) is 103 cm³/mol. The van der Waals surface area contributed by atoms with Gasteiger partial charge in [0.1, 0.15) is 0 Å². The van der Waals surface area contributed by atoms with Gasteiger partial charge >= 0.3 is 0 Å². The number of hydrogen-bond donors (Lipinski definition) is 1. The summed E-state index contributed by atoms with van der Waals surface area (Å²) in [5.41, 5.74) is 0. The van der Waals surface area contributed by atoms with Gasteiger partial charge in [-0.3, -0.25) is 9.59 Å². The maximum atomic E-state index is 12.2. The first kappa shape index (κ1) is 19.3. The standard InChI is InChI=1S/C18H28N2O2S2/c1-18(2,3)24-13-16(21)20-10-7-14(8-11-20)17(22)19-9-6-15-5-4-12-23-15/h4-5,12,14H,6-11,13H2,1-3H3,(H,19,22). The highest BCUT2D eigenvalue weighted by Crippen LogP contribution is 2.24. The Morgan fingerprint density at radius 3 is 2.62 bits per heavy atom. The predicted octanol–water partition coefficient (Wildman–Crippen LogP) is 3.18. The van der Waals surface area contributed by atoms with Crippen molar-refractivity contribution in [3.8, 4) is 0 Å². The average molecular weight is 369 g/mol. The number of thioether (sulfide) groups is 1. The van der Waals surface area contributed by atoms with E-state index in [1.54, 1.807) is 23.1 Å². The molecular formula is C18H28N2O2S2. The van der Waals surface area contributed by atoms with E-state index >= 15 is 0 Å². The van der Waals surface area contributed by atoms with E-state index in [1.165, 1.54) is 4.88 Å². The molecule has 0 saturated carbocycles. The molecule has 1 N–H and O–H groups in total. The van der Waals surface area contributed by atoms with Crippen LogP contribution in [0.3, 0.4) is 0 Å². The summed E-state index contributed by atoms with van der Waals surface area (Å²) in [5.74, 6) is 0.920. The maximum absolute atomic E-state index is 12.2. The molecule has 1 fully saturated rings. The Hall–Kier alpha value is -1.01. The summed E-state index contributed by atoms with van der Waals surface area (Å²) in [5, 5.41) is 5.10. The summed E-state index contributed by atoms with van der Waals surface area (Å²) in [7, 11) is 0. The summed E-state index contributed by atoms with van der Waals surface area (Å²) in [6.45, 7) is 8.47. The highest BCUT2D eigenvalue weighted by Gasteiger charge is 2.27. The summed E-state index contributed by atoms with van der Waals surface area (Å²) in [6.07, 6.45) is 2.44. The van der Waals surface area contributed by atoms with Crippen LogP contribution in [0.15, 0.2) is 17.5 Å². The van der Waals surface area contributed by atoms with Crippen LogP contribution in [0.5, 0.6) is 0 Å². The zero-order valence-electron chi connectivity index (χ0n) is 14.8. The Morgan fingerprint density at radius 2 is 2.04 bits per heavy atom. The molecule has 0 atom stereocenters. The van der Waals surface area contributed by atoms with Gasteiger partial charge in [0.15, 0.2) is 0 Å². The first-order valence-electron chi connectivity index (χ1n) is 8.57. The third kappa shape index (κ3) is 6.48. The van der Waals surface area contributed by atoms with Crippen molar-refractivity contribution >= 4 is 34.9 Å². The lowest BCUT2D eigenvalue weighted by atomic mass is 9.96. The fraction of sp³-hybridized carbons (Fsp3) is 0.667. The molecule has 1 aromatic rings. The van der Waals surface area contributed by atoms with Gasteiger partial charge in [-0.25, -0.2) is 0 Å². The quantitative estimate of drug-likeness (QED) is 0.839. The number of nitrogens with zero attached hydrogens (tertiary/aromatic N) is 1. The van der Waals surface area contributed by atoms with Crippen LogP contribution < -0.4 is 5.32 Å². The first-order chi connectivity index (χ1) is 11.3. The van der Waals surface area contributed by atoms with E-state index in [2.05, 4.69) is 37.5 Å². The second-order valence-corrected chi connectivity index (χ2v) is 10.0. The van der Waals surface area contributed by atoms with Crippen LogP contribution in [-0.4, -0.2) is 46.8 Å². The second-order valence-electron chi connectivity index (χ2n) is 7.18. The van der Waals surface area contributed by atoms with Crippen LogP contribution in [0.2, 0.25) is 0 Å². The summed E-state index contributed by atoms with van der Waals surface area (Å²) in [6, 6.07) is 4.13. The van der Waals surface area contributed by atoms with Gasteiger partial charge in [-0.05, 0) is 30.7 Å². The lowest BCUT2D eigenvalue weighted by Gasteiger charge is -2.32. The van der Waals surface area contributed by atoms with Crippen molar-refractivity contribution in [1.82, 2.24) is 10.2 Å². The van der Waals surface area contributed by atoms with Crippen LogP contribution in [-0.2, 0) is 16.0 Å². The first-order valence-corrected chi connectivity index (χ1v) is 10.4. The summed E-state index contributed by atoms with van der Waals surface area (Å²) in [4.78, 5) is 27.7. The molecule has 134 valence electrons. The molecule has 2 heterocycles. The summed E-state index contributed by atoms with van der Waals surface area (Å²) >= 11 is 3.41. The van der Waals surface area contributed by atoms with Crippen molar-refractivity contribution in [3.63, 3.8) is 0 Å². The molecule has 0 spiro atoms. The third-order valence-electron chi connectivity index (χ3n) is 4.10. The van der Waals surface area contributed by atoms with Gasteiger partial charge in [0.25, 0.3) is 0 Å². The zero-order valence-corrected chi connectivity index (χ0v) is 16.5. The third-order valence-corrected chi connectivity index (χ3v) is 6.29. The van der Waals surface area contributed by atoms with Crippen LogP contribution in [0.25, 0.3) is 0 Å². The van der Waals surface area contributed by atoms with Crippen molar-refractivity contribution in [3.05, 3.63) is 22.4 Å². The van der Waals surface area contributed by atoms with Crippen LogP contribution >= 0.6 is 23.1 Å². The normalized spacial score (nSPS) is 16.2. The molecule has 0 bridgehead atoms. The van der Waals surface area contributed by atoms with E-state index < -0.39 is 0 Å². The van der Waals surface area contributed by atoms with Gasteiger partial charge in [-0.2, -0.15) is 0 Å². The Balaban J connectivity index is 1.66. The molecular weight excluding hydrogens is 340 g/mol. The highest BCUT2D eigenvalue weighted by molar-refractivity contribution is 8.01. The van der Waals surface area contributed by atoms with Gasteiger partial charge in [-0.15, -0.1) is 23.1 Å². The number of rotatable bonds is 6. The van der Waals surface area contributed by atoms with Crippen LogP contribution in [0, 0.1) is 5.92 Å². The molecule has 1 aliphatic heterocycles. The minimum atomic E-state index is 0.0488. The minimum absolute atomic E-state index is 0.0488. The van der Waals surface area contributed by atoms with E-state index in [0.717, 1.165) is 19.3 Å². The Labute approximate surface area is 153 Å². The lowest BCUT2D eigenvalue weighted by molar-refractivity contribution is -0.133. The van der Waals surface area contributed by atoms with Crippen LogP contribution in [0.1, 0.15) is 38.5 Å². The smallest absolute Gasteiger partial charge is 0.232 e. The highest BCUT2D eigenvalue weighted by atomic mass is 32.2. The maximum Gasteiger partial charge on any atom is 0.232 e. The summed E-state index contributed by atoms with van der Waals surface area (Å²) < 4.78 is 0.108. The molecule has 4 nitrogen and oxygen atoms in total. The fourth-order valence-corrected chi connectivity index (χ4v) is 4.12. The van der Waals surface area contributed by atoms with Gasteiger partial charge in [-0.1, -0.05) is 26.8 Å². The number of carbonyl (C=O) groups is 2. The number of carbonyl (C=O) groups excluding carboxylic acids is 2. The molecule has 1 saturated heterocycles. The van der Waals surface area contributed by atoms with Gasteiger partial charge in [0, 0.05) is 35.2 Å². The van der Waals surface area contributed by atoms with Crippen molar-refractivity contribution in [2.24, 2.45) is 5.92 Å². The van der Waals surface area contributed by atoms with E-state index in [4.69, 9.17) is 0 Å². The molecule has 2 amide bonds. The van der Waals surface area contributed by atoms with Gasteiger partial charge in [0.2, 0.25) is 11.8 Å². The number of amides is 2. The SMILES string of the molecule is CC(C)(C)SCC(=O)N1CCC(C(=O)NCCc2cccs2)CC1. The van der Waals surface area contributed by atoms with Gasteiger partial charge in [0.05, 0.1) is 5.75 Å². The topological polar surface area (TPSA) is 49.4 Å².